The van der Waals surface area contributed by atoms with E-state index in [0.717, 1.165) is 41.0 Å². The van der Waals surface area contributed by atoms with Crippen molar-refractivity contribution in [1.29, 1.82) is 0 Å². The monoisotopic (exact) mass is 364 g/mol. The highest BCUT2D eigenvalue weighted by Crippen LogP contribution is 2.30. The first-order chi connectivity index (χ1) is 12.6. The van der Waals surface area contributed by atoms with E-state index >= 15 is 0 Å². The smallest absolute Gasteiger partial charge is 0.283 e. The van der Waals surface area contributed by atoms with Gasteiger partial charge < -0.3 is 9.88 Å². The molecule has 1 aliphatic heterocycles. The van der Waals surface area contributed by atoms with E-state index in [-0.39, 0.29) is 5.56 Å². The Morgan fingerprint density at radius 2 is 1.92 bits per heavy atom. The number of fused-ring (bicyclic) bond motifs is 3. The van der Waals surface area contributed by atoms with E-state index in [2.05, 4.69) is 9.88 Å². The van der Waals surface area contributed by atoms with Crippen LogP contribution in [0.15, 0.2) is 53.3 Å². The fourth-order valence-corrected chi connectivity index (χ4v) is 3.91. The van der Waals surface area contributed by atoms with Gasteiger partial charge in [0.25, 0.3) is 5.56 Å². The Labute approximate surface area is 154 Å². The van der Waals surface area contributed by atoms with Gasteiger partial charge in [0.05, 0.1) is 11.0 Å². The van der Waals surface area contributed by atoms with Gasteiger partial charge in [-0.05, 0) is 30.3 Å². The van der Waals surface area contributed by atoms with Crippen LogP contribution in [0.2, 0.25) is 5.02 Å². The Morgan fingerprint density at radius 3 is 2.62 bits per heavy atom. The molecule has 4 aromatic rings. The minimum Gasteiger partial charge on any atom is -0.330 e. The van der Waals surface area contributed by atoms with Crippen molar-refractivity contribution in [2.24, 2.45) is 7.05 Å². The van der Waals surface area contributed by atoms with Crippen molar-refractivity contribution in [3.8, 4) is 5.69 Å². The molecule has 1 N–H and O–H groups in total. The van der Waals surface area contributed by atoms with Crippen molar-refractivity contribution in [3.63, 3.8) is 0 Å². The van der Waals surface area contributed by atoms with Crippen LogP contribution in [0.25, 0.3) is 27.6 Å². The number of para-hydroxylation sites is 1. The molecule has 0 bridgehead atoms. The SMILES string of the molecule is Cn1c(C2CNC2)nc2c(=O)n(-c3ccccc3)c3cc(Cl)ccc3c21. The Balaban J connectivity index is 1.96. The molecule has 130 valence electrons. The largest absolute Gasteiger partial charge is 0.330 e. The van der Waals surface area contributed by atoms with Crippen LogP contribution in [0.5, 0.6) is 0 Å². The zero-order chi connectivity index (χ0) is 17.8. The molecule has 6 heteroatoms. The van der Waals surface area contributed by atoms with E-state index in [4.69, 9.17) is 16.6 Å². The molecule has 26 heavy (non-hydrogen) atoms. The number of hydrogen-bond donors (Lipinski definition) is 1. The number of pyridine rings is 1. The third-order valence-corrected chi connectivity index (χ3v) is 5.39. The molecule has 1 saturated heterocycles. The minimum absolute atomic E-state index is 0.116. The quantitative estimate of drug-likeness (QED) is 0.594. The number of benzene rings is 2. The Bertz CT molecular complexity index is 1210. The van der Waals surface area contributed by atoms with Gasteiger partial charge in [0, 0.05) is 42.2 Å². The highest BCUT2D eigenvalue weighted by Gasteiger charge is 2.27. The molecular formula is C20H17ClN4O. The molecule has 0 spiro atoms. The maximum Gasteiger partial charge on any atom is 0.283 e. The lowest BCUT2D eigenvalue weighted by Gasteiger charge is -2.26. The normalized spacial score (nSPS) is 14.8. The summed E-state index contributed by atoms with van der Waals surface area (Å²) in [5.41, 5.74) is 2.87. The maximum atomic E-state index is 13.4. The fourth-order valence-electron chi connectivity index (χ4n) is 3.75. The van der Waals surface area contributed by atoms with E-state index in [1.54, 1.807) is 4.57 Å². The third-order valence-electron chi connectivity index (χ3n) is 5.15. The molecule has 5 nitrogen and oxygen atoms in total. The van der Waals surface area contributed by atoms with Crippen LogP contribution in [0, 0.1) is 0 Å². The number of imidazole rings is 1. The molecule has 0 unspecified atom stereocenters. The summed E-state index contributed by atoms with van der Waals surface area (Å²) in [5.74, 6) is 1.30. The zero-order valence-electron chi connectivity index (χ0n) is 14.2. The van der Waals surface area contributed by atoms with Gasteiger partial charge in [0.1, 0.15) is 5.82 Å². The van der Waals surface area contributed by atoms with Crippen LogP contribution in [0.4, 0.5) is 0 Å². The topological polar surface area (TPSA) is 51.9 Å². The summed E-state index contributed by atoms with van der Waals surface area (Å²) in [7, 11) is 1.99. The van der Waals surface area contributed by atoms with E-state index in [1.807, 2.05) is 55.6 Å². The highest BCUT2D eigenvalue weighted by molar-refractivity contribution is 6.31. The predicted molar refractivity (Wildman–Crippen MR) is 104 cm³/mol. The van der Waals surface area contributed by atoms with Crippen LogP contribution in [0.3, 0.4) is 0 Å². The van der Waals surface area contributed by atoms with E-state index < -0.39 is 0 Å². The second-order valence-electron chi connectivity index (χ2n) is 6.72. The van der Waals surface area contributed by atoms with Gasteiger partial charge in [-0.3, -0.25) is 9.36 Å². The zero-order valence-corrected chi connectivity index (χ0v) is 15.0. The average Bonchev–Trinajstić information content (AvgIpc) is 2.92. The summed E-state index contributed by atoms with van der Waals surface area (Å²) >= 11 is 6.26. The third kappa shape index (κ3) is 2.14. The summed E-state index contributed by atoms with van der Waals surface area (Å²) in [4.78, 5) is 18.1. The highest BCUT2D eigenvalue weighted by atomic mass is 35.5. The summed E-state index contributed by atoms with van der Waals surface area (Å²) in [6.07, 6.45) is 0. The van der Waals surface area contributed by atoms with Crippen LogP contribution in [0.1, 0.15) is 11.7 Å². The minimum atomic E-state index is -0.116. The lowest BCUT2D eigenvalue weighted by Crippen LogP contribution is -2.41. The van der Waals surface area contributed by atoms with Crippen molar-refractivity contribution in [3.05, 3.63) is 69.7 Å². The van der Waals surface area contributed by atoms with Gasteiger partial charge >= 0.3 is 0 Å². The Kier molecular flexibility index (Phi) is 3.42. The molecule has 2 aromatic heterocycles. The summed E-state index contributed by atoms with van der Waals surface area (Å²) in [6.45, 7) is 1.79. The molecule has 3 heterocycles. The van der Waals surface area contributed by atoms with Gasteiger partial charge in [0.2, 0.25) is 0 Å². The van der Waals surface area contributed by atoms with Gasteiger partial charge in [0.15, 0.2) is 5.52 Å². The Hall–Kier alpha value is -2.63. The standard InChI is InChI=1S/C20H17ClN4O/c1-24-18-15-8-7-13(21)9-16(15)25(14-5-3-2-4-6-14)20(26)17(18)23-19(24)12-10-22-11-12/h2-9,12,22H,10-11H2,1H3. The molecule has 1 fully saturated rings. The number of aryl methyl sites for hydroxylation is 1. The molecule has 2 aromatic carbocycles. The van der Waals surface area contributed by atoms with Gasteiger partial charge in [-0.15, -0.1) is 0 Å². The molecule has 0 amide bonds. The van der Waals surface area contributed by atoms with Gasteiger partial charge in [-0.2, -0.15) is 0 Å². The van der Waals surface area contributed by atoms with Gasteiger partial charge in [-0.1, -0.05) is 29.8 Å². The molecular weight excluding hydrogens is 348 g/mol. The number of rotatable bonds is 2. The first kappa shape index (κ1) is 15.6. The molecule has 0 atom stereocenters. The lowest BCUT2D eigenvalue weighted by molar-refractivity contribution is 0.423. The van der Waals surface area contributed by atoms with Crippen LogP contribution in [-0.2, 0) is 7.05 Å². The first-order valence-electron chi connectivity index (χ1n) is 8.62. The van der Waals surface area contributed by atoms with Crippen molar-refractivity contribution in [2.75, 3.05) is 13.1 Å². The Morgan fingerprint density at radius 1 is 1.15 bits per heavy atom. The van der Waals surface area contributed by atoms with E-state index in [1.165, 1.54) is 0 Å². The van der Waals surface area contributed by atoms with Crippen LogP contribution < -0.4 is 10.9 Å². The number of nitrogens with one attached hydrogen (secondary N) is 1. The van der Waals surface area contributed by atoms with E-state index in [9.17, 15) is 4.79 Å². The van der Waals surface area contributed by atoms with E-state index in [0.29, 0.717) is 16.5 Å². The first-order valence-corrected chi connectivity index (χ1v) is 8.99. The van der Waals surface area contributed by atoms with Crippen LogP contribution >= 0.6 is 11.6 Å². The number of nitrogens with zero attached hydrogens (tertiary/aromatic N) is 3. The number of halogens is 1. The van der Waals surface area contributed by atoms with Gasteiger partial charge in [-0.25, -0.2) is 4.98 Å². The van der Waals surface area contributed by atoms with Crippen molar-refractivity contribution in [2.45, 2.75) is 5.92 Å². The predicted octanol–water partition coefficient (Wildman–Crippen LogP) is 3.22. The second-order valence-corrected chi connectivity index (χ2v) is 7.16. The molecule has 1 aliphatic rings. The lowest BCUT2D eigenvalue weighted by atomic mass is 10.0. The van der Waals surface area contributed by atoms with Crippen molar-refractivity contribution < 1.29 is 0 Å². The number of aromatic nitrogens is 3. The summed E-state index contributed by atoms with van der Waals surface area (Å²) in [5, 5.41) is 4.85. The molecule has 0 saturated carbocycles. The summed E-state index contributed by atoms with van der Waals surface area (Å²) < 4.78 is 3.77. The summed E-state index contributed by atoms with van der Waals surface area (Å²) in [6, 6.07) is 15.3. The average molecular weight is 365 g/mol. The molecule has 0 radical (unpaired) electrons. The van der Waals surface area contributed by atoms with Crippen molar-refractivity contribution in [1.82, 2.24) is 19.4 Å². The van der Waals surface area contributed by atoms with Crippen molar-refractivity contribution >= 4 is 33.5 Å². The maximum absolute atomic E-state index is 13.4. The van der Waals surface area contributed by atoms with Crippen LogP contribution in [-0.4, -0.2) is 27.2 Å². The second kappa shape index (κ2) is 5.69. The fraction of sp³-hybridized carbons (Fsp3) is 0.200. The molecule has 5 rings (SSSR count). The molecule has 0 aliphatic carbocycles. The number of hydrogen-bond acceptors (Lipinski definition) is 3.